The summed E-state index contributed by atoms with van der Waals surface area (Å²) in [5, 5.41) is 8.31. The maximum atomic E-state index is 12.6. The number of nitrogens with one attached hydrogen (secondary N) is 4. The monoisotopic (exact) mass is 431 g/mol. The Balaban J connectivity index is 1.38. The molecule has 4 rings (SSSR count). The van der Waals surface area contributed by atoms with E-state index < -0.39 is 17.8 Å². The molecule has 2 aliphatic rings. The van der Waals surface area contributed by atoms with Crippen molar-refractivity contribution in [1.29, 1.82) is 0 Å². The van der Waals surface area contributed by atoms with Gasteiger partial charge in [-0.1, -0.05) is 19.3 Å². The van der Waals surface area contributed by atoms with Gasteiger partial charge in [-0.15, -0.1) is 11.3 Å². The predicted molar refractivity (Wildman–Crippen MR) is 112 cm³/mol. The molecule has 1 unspecified atom stereocenters. The highest BCUT2D eigenvalue weighted by atomic mass is 32.1. The van der Waals surface area contributed by atoms with Crippen molar-refractivity contribution in [2.24, 2.45) is 5.92 Å². The van der Waals surface area contributed by atoms with Crippen LogP contribution in [0.3, 0.4) is 0 Å². The van der Waals surface area contributed by atoms with E-state index in [0.717, 1.165) is 40.8 Å². The third kappa shape index (κ3) is 4.48. The molecule has 30 heavy (non-hydrogen) atoms. The SMILES string of the molecule is O=C(CN1C(=O)CNC1=O)NC(CNC(=O)c1cc2[nH]ccc2s1)C1CCCCC1. The summed E-state index contributed by atoms with van der Waals surface area (Å²) in [5.74, 6) is -0.724. The fourth-order valence-electron chi connectivity index (χ4n) is 4.13. The van der Waals surface area contributed by atoms with E-state index in [1.165, 1.54) is 17.8 Å². The molecule has 1 aliphatic carbocycles. The molecule has 0 bridgehead atoms. The van der Waals surface area contributed by atoms with Crippen LogP contribution in [0, 0.1) is 5.92 Å². The topological polar surface area (TPSA) is 123 Å². The average Bonchev–Trinajstić information content (AvgIpc) is 3.43. The largest absolute Gasteiger partial charge is 0.360 e. The number of carbonyl (C=O) groups is 4. The zero-order valence-corrected chi connectivity index (χ0v) is 17.3. The standard InChI is InChI=1S/C20H25N5O4S/c26-17(11-25-18(27)10-23-20(25)29)24-14(12-4-2-1-3-5-12)9-22-19(28)16-8-13-15(30-16)6-7-21-13/h6-8,12,14,21H,1-5,9-11H2,(H,22,28)(H,23,29)(H,24,26). The van der Waals surface area contributed by atoms with Crippen molar-refractivity contribution in [3.05, 3.63) is 23.2 Å². The van der Waals surface area contributed by atoms with Gasteiger partial charge < -0.3 is 20.9 Å². The molecule has 9 nitrogen and oxygen atoms in total. The Morgan fingerprint density at radius 1 is 1.23 bits per heavy atom. The minimum atomic E-state index is -0.550. The van der Waals surface area contributed by atoms with Gasteiger partial charge in [-0.25, -0.2) is 4.79 Å². The molecule has 2 fully saturated rings. The number of amides is 5. The van der Waals surface area contributed by atoms with Crippen LogP contribution in [0.15, 0.2) is 18.3 Å². The first-order valence-corrected chi connectivity index (χ1v) is 11.1. The van der Waals surface area contributed by atoms with Crippen LogP contribution in [0.2, 0.25) is 0 Å². The number of rotatable bonds is 7. The number of nitrogens with zero attached hydrogens (tertiary/aromatic N) is 1. The summed E-state index contributed by atoms with van der Waals surface area (Å²) in [6.45, 7) is -0.0816. The molecule has 1 atom stereocenters. The number of imide groups is 1. The van der Waals surface area contributed by atoms with Gasteiger partial charge in [0.2, 0.25) is 5.91 Å². The second kappa shape index (κ2) is 8.86. The van der Waals surface area contributed by atoms with Crippen molar-refractivity contribution in [2.45, 2.75) is 38.1 Å². The van der Waals surface area contributed by atoms with Crippen molar-refractivity contribution in [2.75, 3.05) is 19.6 Å². The van der Waals surface area contributed by atoms with Crippen LogP contribution in [-0.2, 0) is 9.59 Å². The van der Waals surface area contributed by atoms with Crippen molar-refractivity contribution in [1.82, 2.24) is 25.8 Å². The lowest BCUT2D eigenvalue weighted by Gasteiger charge is -2.31. The number of hydrogen-bond acceptors (Lipinski definition) is 5. The summed E-state index contributed by atoms with van der Waals surface area (Å²) in [4.78, 5) is 53.2. The van der Waals surface area contributed by atoms with Crippen LogP contribution in [0.1, 0.15) is 41.8 Å². The zero-order chi connectivity index (χ0) is 21.1. The summed E-state index contributed by atoms with van der Waals surface area (Å²) in [6.07, 6.45) is 7.15. The zero-order valence-electron chi connectivity index (χ0n) is 16.5. The van der Waals surface area contributed by atoms with Crippen LogP contribution in [-0.4, -0.2) is 59.3 Å². The fraction of sp³-hybridized carbons (Fsp3) is 0.500. The van der Waals surface area contributed by atoms with Gasteiger partial charge in [0.1, 0.15) is 6.54 Å². The predicted octanol–water partition coefficient (Wildman–Crippen LogP) is 1.58. The molecule has 160 valence electrons. The van der Waals surface area contributed by atoms with Crippen molar-refractivity contribution < 1.29 is 19.2 Å². The summed E-state index contributed by atoms with van der Waals surface area (Å²) in [7, 11) is 0. The van der Waals surface area contributed by atoms with E-state index in [-0.39, 0.29) is 31.0 Å². The van der Waals surface area contributed by atoms with Gasteiger partial charge in [0.05, 0.1) is 21.6 Å². The highest BCUT2D eigenvalue weighted by Gasteiger charge is 2.32. The van der Waals surface area contributed by atoms with Gasteiger partial charge in [-0.05, 0) is 30.9 Å². The Bertz CT molecular complexity index is 917. The van der Waals surface area contributed by atoms with E-state index in [2.05, 4.69) is 20.9 Å². The molecule has 0 spiro atoms. The van der Waals surface area contributed by atoms with Gasteiger partial charge >= 0.3 is 6.03 Å². The van der Waals surface area contributed by atoms with Gasteiger partial charge in [-0.2, -0.15) is 0 Å². The van der Waals surface area contributed by atoms with E-state index in [4.69, 9.17) is 0 Å². The number of aromatic amines is 1. The van der Waals surface area contributed by atoms with E-state index in [1.54, 1.807) is 0 Å². The summed E-state index contributed by atoms with van der Waals surface area (Å²) < 4.78 is 1.02. The molecule has 1 saturated carbocycles. The van der Waals surface area contributed by atoms with E-state index in [0.29, 0.717) is 11.4 Å². The summed E-state index contributed by atoms with van der Waals surface area (Å²) in [6, 6.07) is 2.96. The lowest BCUT2D eigenvalue weighted by atomic mass is 9.83. The second-order valence-electron chi connectivity index (χ2n) is 7.79. The minimum Gasteiger partial charge on any atom is -0.360 e. The van der Waals surface area contributed by atoms with Crippen molar-refractivity contribution >= 4 is 45.3 Å². The Morgan fingerprint density at radius 2 is 2.03 bits per heavy atom. The van der Waals surface area contributed by atoms with E-state index in [1.807, 2.05) is 18.3 Å². The Morgan fingerprint density at radius 3 is 2.73 bits per heavy atom. The number of carbonyl (C=O) groups excluding carboxylic acids is 4. The number of H-pyrrole nitrogens is 1. The smallest absolute Gasteiger partial charge is 0.325 e. The highest BCUT2D eigenvalue weighted by Crippen LogP contribution is 2.27. The molecule has 2 aromatic rings. The maximum Gasteiger partial charge on any atom is 0.325 e. The first-order valence-electron chi connectivity index (χ1n) is 10.2. The lowest BCUT2D eigenvalue weighted by molar-refractivity contribution is -0.131. The quantitative estimate of drug-likeness (QED) is 0.497. The fourth-order valence-corrected chi connectivity index (χ4v) is 5.08. The molecule has 0 radical (unpaired) electrons. The molecule has 2 aromatic heterocycles. The van der Waals surface area contributed by atoms with Gasteiger partial charge in [0, 0.05) is 18.8 Å². The Kier molecular flexibility index (Phi) is 6.03. The van der Waals surface area contributed by atoms with Crippen LogP contribution in [0.4, 0.5) is 4.79 Å². The lowest BCUT2D eigenvalue weighted by Crippen LogP contribution is -2.51. The third-order valence-corrected chi connectivity index (χ3v) is 6.84. The maximum absolute atomic E-state index is 12.6. The molecule has 1 aliphatic heterocycles. The van der Waals surface area contributed by atoms with Crippen LogP contribution >= 0.6 is 11.3 Å². The molecule has 0 aromatic carbocycles. The van der Waals surface area contributed by atoms with Crippen molar-refractivity contribution in [3.63, 3.8) is 0 Å². The Labute approximate surface area is 177 Å². The summed E-state index contributed by atoms with van der Waals surface area (Å²) >= 11 is 1.42. The number of aromatic nitrogens is 1. The highest BCUT2D eigenvalue weighted by molar-refractivity contribution is 7.20. The minimum absolute atomic E-state index is 0.0803. The van der Waals surface area contributed by atoms with Crippen molar-refractivity contribution in [3.8, 4) is 0 Å². The molecule has 5 amide bonds. The van der Waals surface area contributed by atoms with E-state index in [9.17, 15) is 19.2 Å². The normalized spacial score (nSPS) is 18.5. The average molecular weight is 432 g/mol. The van der Waals surface area contributed by atoms with Gasteiger partial charge in [0.25, 0.3) is 11.8 Å². The third-order valence-electron chi connectivity index (χ3n) is 5.74. The first-order chi connectivity index (χ1) is 14.5. The van der Waals surface area contributed by atoms with Crippen LogP contribution in [0.5, 0.6) is 0 Å². The molecular formula is C20H25N5O4S. The number of urea groups is 1. The number of thiophene rings is 1. The van der Waals surface area contributed by atoms with E-state index >= 15 is 0 Å². The molecule has 4 N–H and O–H groups in total. The summed E-state index contributed by atoms with van der Waals surface area (Å²) in [5.41, 5.74) is 0.927. The molecule has 3 heterocycles. The Hall–Kier alpha value is -2.88. The van der Waals surface area contributed by atoms with Gasteiger partial charge in [-0.3, -0.25) is 19.3 Å². The van der Waals surface area contributed by atoms with Crippen LogP contribution in [0.25, 0.3) is 10.2 Å². The molecule has 10 heteroatoms. The number of fused-ring (bicyclic) bond motifs is 1. The molecular weight excluding hydrogens is 406 g/mol. The first kappa shape index (κ1) is 20.4. The molecule has 1 saturated heterocycles. The number of hydrogen-bond donors (Lipinski definition) is 4. The second-order valence-corrected chi connectivity index (χ2v) is 8.87. The van der Waals surface area contributed by atoms with Gasteiger partial charge in [0.15, 0.2) is 0 Å². The van der Waals surface area contributed by atoms with Crippen LogP contribution < -0.4 is 16.0 Å².